The summed E-state index contributed by atoms with van der Waals surface area (Å²) in [7, 11) is 0. The van der Waals surface area contributed by atoms with Crippen LogP contribution in [-0.4, -0.2) is 39.7 Å². The van der Waals surface area contributed by atoms with Crippen LogP contribution in [0.4, 0.5) is 4.79 Å². The second-order valence-corrected chi connectivity index (χ2v) is 7.16. The van der Waals surface area contributed by atoms with Gasteiger partial charge in [0.2, 0.25) is 5.71 Å². The fourth-order valence-corrected chi connectivity index (χ4v) is 2.83. The third-order valence-electron chi connectivity index (χ3n) is 3.78. The van der Waals surface area contributed by atoms with Gasteiger partial charge in [0.15, 0.2) is 0 Å². The number of fused-ring (bicyclic) bond motifs is 1. The summed E-state index contributed by atoms with van der Waals surface area (Å²) in [5.74, 6) is 1.11. The van der Waals surface area contributed by atoms with E-state index in [4.69, 9.17) is 20.8 Å². The molecule has 3 heterocycles. The Morgan fingerprint density at radius 1 is 1.39 bits per heavy atom. The van der Waals surface area contributed by atoms with Gasteiger partial charge < -0.3 is 14.1 Å². The highest BCUT2D eigenvalue weighted by Crippen LogP contribution is 2.32. The normalized spacial score (nSPS) is 16.8. The highest BCUT2D eigenvalue weighted by molar-refractivity contribution is 6.29. The van der Waals surface area contributed by atoms with Gasteiger partial charge in [0.1, 0.15) is 22.0 Å². The van der Waals surface area contributed by atoms with Gasteiger partial charge in [-0.25, -0.2) is 14.8 Å². The van der Waals surface area contributed by atoms with E-state index < -0.39 is 5.60 Å². The van der Waals surface area contributed by atoms with Gasteiger partial charge in [0, 0.05) is 25.1 Å². The number of furan rings is 1. The lowest BCUT2D eigenvalue weighted by Gasteiger charge is -2.32. The lowest BCUT2D eigenvalue weighted by Crippen LogP contribution is -2.41. The van der Waals surface area contributed by atoms with E-state index in [1.807, 2.05) is 26.8 Å². The first-order chi connectivity index (χ1) is 10.8. The summed E-state index contributed by atoms with van der Waals surface area (Å²) in [6.45, 7) is 6.92. The van der Waals surface area contributed by atoms with E-state index in [9.17, 15) is 4.79 Å². The Hall–Kier alpha value is -1.82. The maximum Gasteiger partial charge on any atom is 0.410 e. The molecule has 0 unspecified atom stereocenters. The molecule has 23 heavy (non-hydrogen) atoms. The first-order valence-corrected chi connectivity index (χ1v) is 8.09. The molecule has 2 aromatic heterocycles. The van der Waals surface area contributed by atoms with E-state index in [2.05, 4.69) is 9.97 Å². The van der Waals surface area contributed by atoms with Gasteiger partial charge >= 0.3 is 6.09 Å². The molecule has 1 fully saturated rings. The van der Waals surface area contributed by atoms with Crippen LogP contribution in [-0.2, 0) is 4.74 Å². The molecule has 1 amide bonds. The van der Waals surface area contributed by atoms with Crippen LogP contribution in [0.15, 0.2) is 16.7 Å². The van der Waals surface area contributed by atoms with Crippen molar-refractivity contribution < 1.29 is 13.9 Å². The predicted molar refractivity (Wildman–Crippen MR) is 86.6 cm³/mol. The molecule has 124 valence electrons. The van der Waals surface area contributed by atoms with Gasteiger partial charge in [-0.1, -0.05) is 11.6 Å². The summed E-state index contributed by atoms with van der Waals surface area (Å²) in [6.07, 6.45) is 2.87. The summed E-state index contributed by atoms with van der Waals surface area (Å²) >= 11 is 5.85. The van der Waals surface area contributed by atoms with E-state index in [1.54, 1.807) is 4.90 Å². The molecule has 1 aliphatic rings. The third-order valence-corrected chi connectivity index (χ3v) is 3.96. The lowest BCUT2D eigenvalue weighted by atomic mass is 9.94. The van der Waals surface area contributed by atoms with Crippen LogP contribution in [0.25, 0.3) is 11.2 Å². The van der Waals surface area contributed by atoms with Crippen LogP contribution in [0.1, 0.15) is 45.3 Å². The smallest absolute Gasteiger partial charge is 0.410 e. The average molecular weight is 338 g/mol. The number of hydrogen-bond donors (Lipinski definition) is 0. The highest BCUT2D eigenvalue weighted by atomic mass is 35.5. The molecule has 0 bridgehead atoms. The number of carbonyl (C=O) groups excluding carboxylic acids is 1. The lowest BCUT2D eigenvalue weighted by molar-refractivity contribution is 0.0200. The van der Waals surface area contributed by atoms with Crippen molar-refractivity contribution in [3.8, 4) is 0 Å². The molecule has 2 aromatic rings. The molecule has 0 saturated carbocycles. The van der Waals surface area contributed by atoms with E-state index >= 15 is 0 Å². The van der Waals surface area contributed by atoms with Gasteiger partial charge in [-0.2, -0.15) is 0 Å². The van der Waals surface area contributed by atoms with E-state index in [0.717, 1.165) is 18.6 Å². The number of rotatable bonds is 1. The molecular weight excluding hydrogens is 318 g/mol. The van der Waals surface area contributed by atoms with Crippen molar-refractivity contribution in [3.05, 3.63) is 23.2 Å². The number of hydrogen-bond acceptors (Lipinski definition) is 5. The molecule has 0 atom stereocenters. The molecule has 1 aliphatic heterocycles. The largest absolute Gasteiger partial charge is 0.444 e. The number of likely N-dealkylation sites (tertiary alicyclic amines) is 1. The van der Waals surface area contributed by atoms with Crippen molar-refractivity contribution in [2.45, 2.75) is 45.1 Å². The second-order valence-electron chi connectivity index (χ2n) is 6.77. The summed E-state index contributed by atoms with van der Waals surface area (Å²) < 4.78 is 11.2. The van der Waals surface area contributed by atoms with Crippen LogP contribution in [0, 0.1) is 0 Å². The molecule has 0 aliphatic carbocycles. The van der Waals surface area contributed by atoms with Gasteiger partial charge in [-0.3, -0.25) is 0 Å². The summed E-state index contributed by atoms with van der Waals surface area (Å²) in [5.41, 5.74) is 0.699. The average Bonchev–Trinajstić information content (AvgIpc) is 2.88. The van der Waals surface area contributed by atoms with Crippen LogP contribution in [0.2, 0.25) is 5.15 Å². The van der Waals surface area contributed by atoms with Crippen molar-refractivity contribution >= 4 is 28.9 Å². The van der Waals surface area contributed by atoms with E-state index in [-0.39, 0.29) is 12.0 Å². The Morgan fingerprint density at radius 2 is 2.09 bits per heavy atom. The third kappa shape index (κ3) is 3.75. The number of amides is 1. The van der Waals surface area contributed by atoms with Gasteiger partial charge in [0.05, 0.1) is 6.20 Å². The van der Waals surface area contributed by atoms with Crippen LogP contribution >= 0.6 is 11.6 Å². The van der Waals surface area contributed by atoms with Crippen molar-refractivity contribution in [2.24, 2.45) is 0 Å². The Kier molecular flexibility index (Phi) is 4.19. The predicted octanol–water partition coefficient (Wildman–Crippen LogP) is 3.99. The quantitative estimate of drug-likeness (QED) is 0.787. The summed E-state index contributed by atoms with van der Waals surface area (Å²) in [4.78, 5) is 22.2. The molecule has 6 nitrogen and oxygen atoms in total. The Labute approximate surface area is 139 Å². The standard InChI is InChI=1S/C16H20ClN3O3/c1-16(2,3)23-15(21)20-6-4-10(5-7-20)12-8-11-14(22-12)18-9-13(17)19-11/h8-10H,4-7H2,1-3H3. The van der Waals surface area contributed by atoms with Crippen LogP contribution < -0.4 is 0 Å². The van der Waals surface area contributed by atoms with Crippen LogP contribution in [0.5, 0.6) is 0 Å². The minimum atomic E-state index is -0.469. The second kappa shape index (κ2) is 6.00. The zero-order valence-electron chi connectivity index (χ0n) is 13.5. The number of halogens is 1. The topological polar surface area (TPSA) is 68.5 Å². The van der Waals surface area contributed by atoms with Crippen molar-refractivity contribution in [2.75, 3.05) is 13.1 Å². The van der Waals surface area contributed by atoms with Crippen molar-refractivity contribution in [1.82, 2.24) is 14.9 Å². The fourth-order valence-electron chi connectivity index (χ4n) is 2.69. The number of nitrogens with zero attached hydrogens (tertiary/aromatic N) is 3. The number of carbonyl (C=O) groups is 1. The number of aromatic nitrogens is 2. The van der Waals surface area contributed by atoms with E-state index in [1.165, 1.54) is 6.20 Å². The van der Waals surface area contributed by atoms with Gasteiger partial charge in [-0.15, -0.1) is 0 Å². The minimum Gasteiger partial charge on any atom is -0.444 e. The zero-order valence-corrected chi connectivity index (χ0v) is 14.3. The Bertz CT molecular complexity index is 715. The zero-order chi connectivity index (χ0) is 16.6. The Balaban J connectivity index is 1.65. The minimum absolute atomic E-state index is 0.253. The maximum absolute atomic E-state index is 12.1. The number of ether oxygens (including phenoxy) is 1. The van der Waals surface area contributed by atoms with Gasteiger partial charge in [0.25, 0.3) is 0 Å². The molecule has 1 saturated heterocycles. The molecule has 0 N–H and O–H groups in total. The molecular formula is C16H20ClN3O3. The first-order valence-electron chi connectivity index (χ1n) is 7.72. The summed E-state index contributed by atoms with van der Waals surface area (Å²) in [6, 6.07) is 1.89. The maximum atomic E-state index is 12.1. The monoisotopic (exact) mass is 337 g/mol. The number of piperidine rings is 1. The molecule has 0 aromatic carbocycles. The Morgan fingerprint density at radius 3 is 2.74 bits per heavy atom. The summed E-state index contributed by atoms with van der Waals surface area (Å²) in [5, 5.41) is 0.351. The highest BCUT2D eigenvalue weighted by Gasteiger charge is 2.29. The molecule has 0 radical (unpaired) electrons. The molecule has 3 rings (SSSR count). The van der Waals surface area contributed by atoms with Crippen molar-refractivity contribution in [3.63, 3.8) is 0 Å². The van der Waals surface area contributed by atoms with E-state index in [0.29, 0.717) is 29.5 Å². The SMILES string of the molecule is CC(C)(C)OC(=O)N1CCC(c2cc3nc(Cl)cnc3o2)CC1. The molecule has 7 heteroatoms. The molecule has 0 spiro atoms. The first kappa shape index (κ1) is 16.1. The fraction of sp³-hybridized carbons (Fsp3) is 0.562. The van der Waals surface area contributed by atoms with Crippen LogP contribution in [0.3, 0.4) is 0 Å². The van der Waals surface area contributed by atoms with Gasteiger partial charge in [-0.05, 0) is 33.6 Å². The van der Waals surface area contributed by atoms with Crippen molar-refractivity contribution in [1.29, 1.82) is 0 Å².